The van der Waals surface area contributed by atoms with Gasteiger partial charge in [-0.1, -0.05) is 31.2 Å². The molecular formula is C20H21N5O3S. The first-order valence-corrected chi connectivity index (χ1v) is 9.84. The van der Waals surface area contributed by atoms with Gasteiger partial charge in [-0.25, -0.2) is 0 Å². The van der Waals surface area contributed by atoms with E-state index in [1.54, 1.807) is 35.7 Å². The number of rotatable bonds is 7. The molecule has 0 unspecified atom stereocenters. The molecule has 1 aromatic heterocycles. The molecule has 1 amide bonds. The minimum absolute atomic E-state index is 0.135. The van der Waals surface area contributed by atoms with Crippen molar-refractivity contribution in [2.75, 3.05) is 7.05 Å². The smallest absolute Gasteiger partial charge is 0.284 e. The van der Waals surface area contributed by atoms with E-state index in [9.17, 15) is 14.9 Å². The lowest BCUT2D eigenvalue weighted by atomic mass is 10.1. The van der Waals surface area contributed by atoms with Gasteiger partial charge in [-0.15, -0.1) is 10.2 Å². The second-order valence-corrected chi connectivity index (χ2v) is 7.61. The summed E-state index contributed by atoms with van der Waals surface area (Å²) in [5, 5.41) is 19.8. The Morgan fingerprint density at radius 2 is 1.90 bits per heavy atom. The topological polar surface area (TPSA) is 94.2 Å². The highest BCUT2D eigenvalue weighted by molar-refractivity contribution is 7.99. The van der Waals surface area contributed by atoms with Crippen molar-refractivity contribution in [3.63, 3.8) is 0 Å². The van der Waals surface area contributed by atoms with Crippen LogP contribution in [0.2, 0.25) is 0 Å². The normalized spacial score (nSPS) is 10.7. The van der Waals surface area contributed by atoms with Gasteiger partial charge in [0.05, 0.1) is 9.82 Å². The van der Waals surface area contributed by atoms with Crippen LogP contribution in [0.3, 0.4) is 0 Å². The van der Waals surface area contributed by atoms with E-state index < -0.39 is 4.92 Å². The fraction of sp³-hybridized carbons (Fsp3) is 0.250. The van der Waals surface area contributed by atoms with Crippen molar-refractivity contribution >= 4 is 23.4 Å². The molecule has 0 saturated carbocycles. The van der Waals surface area contributed by atoms with E-state index in [1.807, 2.05) is 24.3 Å². The van der Waals surface area contributed by atoms with Crippen LogP contribution in [0.4, 0.5) is 5.69 Å². The average molecular weight is 411 g/mol. The first kappa shape index (κ1) is 20.5. The van der Waals surface area contributed by atoms with Crippen molar-refractivity contribution in [2.24, 2.45) is 7.05 Å². The van der Waals surface area contributed by atoms with E-state index in [2.05, 4.69) is 17.1 Å². The molecule has 1 heterocycles. The summed E-state index contributed by atoms with van der Waals surface area (Å²) >= 11 is 1.13. The van der Waals surface area contributed by atoms with Gasteiger partial charge in [0.2, 0.25) is 0 Å². The highest BCUT2D eigenvalue weighted by Gasteiger charge is 2.21. The van der Waals surface area contributed by atoms with Gasteiger partial charge in [-0.3, -0.25) is 14.9 Å². The van der Waals surface area contributed by atoms with Crippen LogP contribution in [0, 0.1) is 10.1 Å². The maximum Gasteiger partial charge on any atom is 0.284 e. The molecular weight excluding hydrogens is 390 g/mol. The molecule has 0 aliphatic rings. The molecule has 0 aliphatic heterocycles. The first-order chi connectivity index (χ1) is 13.9. The zero-order valence-electron chi connectivity index (χ0n) is 16.4. The summed E-state index contributed by atoms with van der Waals surface area (Å²) in [7, 11) is 3.44. The van der Waals surface area contributed by atoms with Crippen LogP contribution in [0.1, 0.15) is 28.4 Å². The third-order valence-electron chi connectivity index (χ3n) is 4.47. The molecule has 0 bridgehead atoms. The molecule has 8 nitrogen and oxygen atoms in total. The van der Waals surface area contributed by atoms with Gasteiger partial charge in [0.15, 0.2) is 5.16 Å². The van der Waals surface area contributed by atoms with Crippen molar-refractivity contribution in [1.29, 1.82) is 0 Å². The Morgan fingerprint density at radius 3 is 2.48 bits per heavy atom. The lowest BCUT2D eigenvalue weighted by Gasteiger charge is -2.18. The van der Waals surface area contributed by atoms with Crippen molar-refractivity contribution < 1.29 is 9.72 Å². The summed E-state index contributed by atoms with van der Waals surface area (Å²) in [5.74, 6) is -0.275. The standard InChI is InChI=1S/C20H21N5O3S/c1-4-14-5-7-15(8-6-14)12-23(2)19(26)16-9-10-18(17(11-16)25(27)28)29-20-22-21-13-24(20)3/h5-11,13H,4,12H2,1-3H3. The maximum absolute atomic E-state index is 12.8. The molecule has 150 valence electrons. The molecule has 3 rings (SSSR count). The van der Waals surface area contributed by atoms with Gasteiger partial charge in [0.1, 0.15) is 6.33 Å². The lowest BCUT2D eigenvalue weighted by Crippen LogP contribution is -2.26. The number of hydrogen-bond donors (Lipinski definition) is 0. The number of hydrogen-bond acceptors (Lipinski definition) is 6. The van der Waals surface area contributed by atoms with Crippen LogP contribution in [-0.4, -0.2) is 37.5 Å². The number of benzene rings is 2. The molecule has 0 atom stereocenters. The first-order valence-electron chi connectivity index (χ1n) is 9.02. The largest absolute Gasteiger partial charge is 0.337 e. The molecule has 0 aliphatic carbocycles. The molecule has 0 spiro atoms. The third-order valence-corrected chi connectivity index (χ3v) is 5.59. The number of nitro groups is 1. The molecule has 29 heavy (non-hydrogen) atoms. The number of carbonyl (C=O) groups is 1. The van der Waals surface area contributed by atoms with Gasteiger partial charge in [-0.2, -0.15) is 0 Å². The molecule has 9 heteroatoms. The zero-order valence-corrected chi connectivity index (χ0v) is 17.2. The number of aromatic nitrogens is 3. The van der Waals surface area contributed by atoms with Crippen LogP contribution in [-0.2, 0) is 20.0 Å². The Hall–Kier alpha value is -3.20. The molecule has 0 fully saturated rings. The molecule has 0 radical (unpaired) electrons. The molecule has 2 aromatic carbocycles. The summed E-state index contributed by atoms with van der Waals surface area (Å²) in [6.07, 6.45) is 2.48. The Morgan fingerprint density at radius 1 is 1.21 bits per heavy atom. The van der Waals surface area contributed by atoms with Crippen molar-refractivity contribution in [3.05, 3.63) is 75.6 Å². The van der Waals surface area contributed by atoms with Crippen molar-refractivity contribution in [2.45, 2.75) is 29.9 Å². The van der Waals surface area contributed by atoms with Crippen LogP contribution >= 0.6 is 11.8 Å². The number of amides is 1. The number of carbonyl (C=O) groups excluding carboxylic acids is 1. The van der Waals surface area contributed by atoms with Gasteiger partial charge in [0.25, 0.3) is 11.6 Å². The van der Waals surface area contributed by atoms with Gasteiger partial charge >= 0.3 is 0 Å². The third kappa shape index (κ3) is 4.80. The SMILES string of the molecule is CCc1ccc(CN(C)C(=O)c2ccc(Sc3nncn3C)c([N+](=O)[O-])c2)cc1. The number of nitrogens with zero attached hydrogens (tertiary/aromatic N) is 5. The Kier molecular flexibility index (Phi) is 6.28. The van der Waals surface area contributed by atoms with Crippen LogP contribution in [0.5, 0.6) is 0 Å². The fourth-order valence-corrected chi connectivity index (χ4v) is 3.64. The fourth-order valence-electron chi connectivity index (χ4n) is 2.79. The van der Waals surface area contributed by atoms with E-state index in [4.69, 9.17) is 0 Å². The van der Waals surface area contributed by atoms with E-state index in [0.717, 1.165) is 23.7 Å². The summed E-state index contributed by atoms with van der Waals surface area (Å²) in [4.78, 5) is 25.8. The van der Waals surface area contributed by atoms with Gasteiger partial charge in [-0.05, 0) is 41.4 Å². The van der Waals surface area contributed by atoms with E-state index in [1.165, 1.54) is 18.0 Å². The Bertz CT molecular complexity index is 1030. The predicted octanol–water partition coefficient (Wildman–Crippen LogP) is 3.71. The molecule has 0 saturated heterocycles. The van der Waals surface area contributed by atoms with E-state index in [0.29, 0.717) is 16.6 Å². The quantitative estimate of drug-likeness (QED) is 0.435. The summed E-state index contributed by atoms with van der Waals surface area (Å²) < 4.78 is 1.67. The maximum atomic E-state index is 12.8. The number of aryl methyl sites for hydroxylation is 2. The molecule has 3 aromatic rings. The van der Waals surface area contributed by atoms with E-state index in [-0.39, 0.29) is 17.2 Å². The summed E-state index contributed by atoms with van der Waals surface area (Å²) in [5.41, 5.74) is 2.37. The average Bonchev–Trinajstić information content (AvgIpc) is 3.12. The zero-order chi connectivity index (χ0) is 21.0. The van der Waals surface area contributed by atoms with Crippen molar-refractivity contribution in [3.8, 4) is 0 Å². The van der Waals surface area contributed by atoms with Crippen molar-refractivity contribution in [1.82, 2.24) is 19.7 Å². The predicted molar refractivity (Wildman–Crippen MR) is 110 cm³/mol. The minimum atomic E-state index is -0.487. The van der Waals surface area contributed by atoms with E-state index >= 15 is 0 Å². The number of nitro benzene ring substituents is 1. The van der Waals surface area contributed by atoms with Crippen LogP contribution in [0.15, 0.2) is 58.8 Å². The summed E-state index contributed by atoms with van der Waals surface area (Å²) in [6, 6.07) is 12.6. The Balaban J connectivity index is 1.79. The summed E-state index contributed by atoms with van der Waals surface area (Å²) in [6.45, 7) is 2.51. The van der Waals surface area contributed by atoms with Crippen LogP contribution < -0.4 is 0 Å². The second-order valence-electron chi connectivity index (χ2n) is 6.60. The van der Waals surface area contributed by atoms with Gasteiger partial charge in [0, 0.05) is 32.3 Å². The highest BCUT2D eigenvalue weighted by atomic mass is 32.2. The minimum Gasteiger partial charge on any atom is -0.337 e. The van der Waals surface area contributed by atoms with Gasteiger partial charge < -0.3 is 9.47 Å². The lowest BCUT2D eigenvalue weighted by molar-refractivity contribution is -0.387. The second kappa shape index (κ2) is 8.87. The highest BCUT2D eigenvalue weighted by Crippen LogP contribution is 2.34. The van der Waals surface area contributed by atoms with Crippen LogP contribution in [0.25, 0.3) is 0 Å². The Labute approximate surface area is 172 Å². The molecule has 0 N–H and O–H groups in total. The monoisotopic (exact) mass is 411 g/mol.